The number of amides is 2. The van der Waals surface area contributed by atoms with Crippen LogP contribution in [0.2, 0.25) is 0 Å². The molecule has 31 heavy (non-hydrogen) atoms. The number of benzene rings is 2. The summed E-state index contributed by atoms with van der Waals surface area (Å²) in [5.41, 5.74) is 5.95. The van der Waals surface area contributed by atoms with Crippen molar-refractivity contribution in [2.45, 2.75) is 6.92 Å². The number of H-pyrrole nitrogens is 1. The van der Waals surface area contributed by atoms with Crippen LogP contribution in [0.1, 0.15) is 26.5 Å². The first kappa shape index (κ1) is 20.3. The summed E-state index contributed by atoms with van der Waals surface area (Å²) in [5.74, 6) is -0.874. The number of hydrazone groups is 1. The number of fused-ring (bicyclic) bond motifs is 1. The molecule has 0 atom stereocenters. The Hall–Kier alpha value is -3.97. The SMILES string of the molecule is Cc1[nH]c2ccccc2c1/C=N\NC(=O)/C(=C\c1cccs1)NC(=O)c1ccccc1. The largest absolute Gasteiger partial charge is 0.358 e. The minimum Gasteiger partial charge on any atom is -0.358 e. The van der Waals surface area contributed by atoms with Gasteiger partial charge in [0.2, 0.25) is 0 Å². The summed E-state index contributed by atoms with van der Waals surface area (Å²) in [4.78, 5) is 29.5. The molecule has 3 N–H and O–H groups in total. The second kappa shape index (κ2) is 9.23. The molecule has 154 valence electrons. The quantitative estimate of drug-likeness (QED) is 0.241. The van der Waals surface area contributed by atoms with Crippen LogP contribution in [0.5, 0.6) is 0 Å². The fraction of sp³-hybridized carbons (Fsp3) is 0.0417. The molecule has 0 fully saturated rings. The molecule has 4 rings (SSSR count). The Morgan fingerprint density at radius 2 is 1.77 bits per heavy atom. The van der Waals surface area contributed by atoms with Gasteiger partial charge in [0, 0.05) is 32.6 Å². The molecule has 7 heteroatoms. The molecule has 0 saturated carbocycles. The molecule has 2 amide bonds. The molecular weight excluding hydrogens is 408 g/mol. The van der Waals surface area contributed by atoms with E-state index in [0.717, 1.165) is 27.0 Å². The maximum Gasteiger partial charge on any atom is 0.287 e. The highest BCUT2D eigenvalue weighted by Crippen LogP contribution is 2.20. The number of hydrogen-bond donors (Lipinski definition) is 3. The van der Waals surface area contributed by atoms with Crippen molar-refractivity contribution in [2.24, 2.45) is 5.10 Å². The van der Waals surface area contributed by atoms with Gasteiger partial charge in [-0.1, -0.05) is 42.5 Å². The maximum absolute atomic E-state index is 12.8. The molecule has 6 nitrogen and oxygen atoms in total. The van der Waals surface area contributed by atoms with E-state index in [1.54, 1.807) is 36.6 Å². The number of carbonyl (C=O) groups excluding carboxylic acids is 2. The predicted molar refractivity (Wildman–Crippen MR) is 125 cm³/mol. The molecule has 4 aromatic rings. The van der Waals surface area contributed by atoms with Crippen LogP contribution >= 0.6 is 11.3 Å². The first-order valence-corrected chi connectivity index (χ1v) is 10.5. The van der Waals surface area contributed by atoms with E-state index in [-0.39, 0.29) is 11.6 Å². The van der Waals surface area contributed by atoms with E-state index in [9.17, 15) is 9.59 Å². The third-order valence-corrected chi connectivity index (χ3v) is 5.48. The summed E-state index contributed by atoms with van der Waals surface area (Å²) < 4.78 is 0. The smallest absolute Gasteiger partial charge is 0.287 e. The molecule has 2 aromatic heterocycles. The van der Waals surface area contributed by atoms with Crippen molar-refractivity contribution < 1.29 is 9.59 Å². The van der Waals surface area contributed by atoms with Gasteiger partial charge in [0.25, 0.3) is 11.8 Å². The summed E-state index contributed by atoms with van der Waals surface area (Å²) in [7, 11) is 0. The van der Waals surface area contributed by atoms with E-state index in [4.69, 9.17) is 0 Å². The lowest BCUT2D eigenvalue weighted by Gasteiger charge is -2.08. The normalized spacial score (nSPS) is 11.7. The van der Waals surface area contributed by atoms with Gasteiger partial charge in [0.05, 0.1) is 6.21 Å². The minimum atomic E-state index is -0.508. The highest BCUT2D eigenvalue weighted by Gasteiger charge is 2.14. The fourth-order valence-electron chi connectivity index (χ4n) is 3.14. The highest BCUT2D eigenvalue weighted by atomic mass is 32.1. The number of para-hydroxylation sites is 1. The first-order chi connectivity index (χ1) is 15.1. The number of thiophene rings is 1. The van der Waals surface area contributed by atoms with Gasteiger partial charge in [-0.15, -0.1) is 11.3 Å². The molecule has 0 saturated heterocycles. The Balaban J connectivity index is 1.54. The maximum atomic E-state index is 12.8. The third kappa shape index (κ3) is 4.79. The van der Waals surface area contributed by atoms with E-state index in [0.29, 0.717) is 5.56 Å². The average molecular weight is 429 g/mol. The van der Waals surface area contributed by atoms with Crippen LogP contribution in [0.4, 0.5) is 0 Å². The molecule has 0 spiro atoms. The standard InChI is InChI=1S/C24H20N4O2S/c1-16-20(19-11-5-6-12-21(19)26-16)15-25-28-24(30)22(14-18-10-7-13-31-18)27-23(29)17-8-3-2-4-9-17/h2-15,26H,1H3,(H,27,29)(H,28,30)/b22-14+,25-15-. The lowest BCUT2D eigenvalue weighted by Crippen LogP contribution is -2.32. The van der Waals surface area contributed by atoms with Crippen molar-refractivity contribution in [3.05, 3.63) is 99.5 Å². The van der Waals surface area contributed by atoms with Crippen LogP contribution in [0.15, 0.2) is 82.9 Å². The number of aryl methyl sites for hydroxylation is 1. The Bertz CT molecular complexity index is 1270. The lowest BCUT2D eigenvalue weighted by molar-refractivity contribution is -0.117. The van der Waals surface area contributed by atoms with Crippen molar-refractivity contribution in [1.29, 1.82) is 0 Å². The van der Waals surface area contributed by atoms with Crippen LogP contribution in [-0.4, -0.2) is 23.0 Å². The molecule has 2 heterocycles. The molecule has 2 aromatic carbocycles. The zero-order chi connectivity index (χ0) is 21.6. The second-order valence-electron chi connectivity index (χ2n) is 6.80. The van der Waals surface area contributed by atoms with Gasteiger partial charge in [0.15, 0.2) is 0 Å². The van der Waals surface area contributed by atoms with Crippen LogP contribution in [0.25, 0.3) is 17.0 Å². The van der Waals surface area contributed by atoms with E-state index >= 15 is 0 Å². The number of nitrogens with zero attached hydrogens (tertiary/aromatic N) is 1. The van der Waals surface area contributed by atoms with Gasteiger partial charge in [-0.05, 0) is 42.6 Å². The van der Waals surface area contributed by atoms with Gasteiger partial charge in [-0.25, -0.2) is 5.43 Å². The lowest BCUT2D eigenvalue weighted by atomic mass is 10.1. The summed E-state index contributed by atoms with van der Waals surface area (Å²) >= 11 is 1.47. The Morgan fingerprint density at radius 1 is 1.00 bits per heavy atom. The van der Waals surface area contributed by atoms with E-state index < -0.39 is 5.91 Å². The van der Waals surface area contributed by atoms with E-state index in [2.05, 4.69) is 20.8 Å². The second-order valence-corrected chi connectivity index (χ2v) is 7.78. The summed E-state index contributed by atoms with van der Waals surface area (Å²) in [5, 5.41) is 9.73. The van der Waals surface area contributed by atoms with Crippen molar-refractivity contribution in [3.63, 3.8) is 0 Å². The molecular formula is C24H20N4O2S. The van der Waals surface area contributed by atoms with Crippen molar-refractivity contribution in [3.8, 4) is 0 Å². The van der Waals surface area contributed by atoms with Gasteiger partial charge < -0.3 is 10.3 Å². The predicted octanol–water partition coefficient (Wildman–Crippen LogP) is 4.46. The molecule has 0 aliphatic heterocycles. The van der Waals surface area contributed by atoms with Crippen LogP contribution in [0, 0.1) is 6.92 Å². The highest BCUT2D eigenvalue weighted by molar-refractivity contribution is 7.10. The van der Waals surface area contributed by atoms with Crippen molar-refractivity contribution >= 4 is 46.3 Å². The fourth-order valence-corrected chi connectivity index (χ4v) is 3.80. The third-order valence-electron chi connectivity index (χ3n) is 4.66. The van der Waals surface area contributed by atoms with Gasteiger partial charge in [-0.3, -0.25) is 9.59 Å². The van der Waals surface area contributed by atoms with Gasteiger partial charge >= 0.3 is 0 Å². The Morgan fingerprint density at radius 3 is 2.55 bits per heavy atom. The molecule has 0 bridgehead atoms. The topological polar surface area (TPSA) is 86.3 Å². The number of nitrogens with one attached hydrogen (secondary N) is 3. The van der Waals surface area contributed by atoms with E-state index in [1.807, 2.05) is 54.8 Å². The Kier molecular flexibility index (Phi) is 6.05. The summed E-state index contributed by atoms with van der Waals surface area (Å²) in [6.45, 7) is 1.95. The van der Waals surface area contributed by atoms with Crippen molar-refractivity contribution in [2.75, 3.05) is 0 Å². The van der Waals surface area contributed by atoms with E-state index in [1.165, 1.54) is 11.3 Å². The molecule has 0 aliphatic rings. The first-order valence-electron chi connectivity index (χ1n) is 9.64. The summed E-state index contributed by atoms with van der Waals surface area (Å²) in [6.07, 6.45) is 3.24. The monoisotopic (exact) mass is 428 g/mol. The van der Waals surface area contributed by atoms with Crippen LogP contribution in [-0.2, 0) is 4.79 Å². The van der Waals surface area contributed by atoms with Crippen molar-refractivity contribution in [1.82, 2.24) is 15.7 Å². The minimum absolute atomic E-state index is 0.115. The molecule has 0 aliphatic carbocycles. The summed E-state index contributed by atoms with van der Waals surface area (Å²) in [6, 6.07) is 20.4. The Labute approximate surface area is 183 Å². The number of aromatic nitrogens is 1. The zero-order valence-electron chi connectivity index (χ0n) is 16.8. The number of rotatable bonds is 6. The van der Waals surface area contributed by atoms with Gasteiger partial charge in [0.1, 0.15) is 5.70 Å². The zero-order valence-corrected chi connectivity index (χ0v) is 17.6. The van der Waals surface area contributed by atoms with Gasteiger partial charge in [-0.2, -0.15) is 5.10 Å². The van der Waals surface area contributed by atoms with Crippen LogP contribution in [0.3, 0.4) is 0 Å². The average Bonchev–Trinajstić information content (AvgIpc) is 3.41. The van der Waals surface area contributed by atoms with Crippen LogP contribution < -0.4 is 10.7 Å². The number of carbonyl (C=O) groups is 2. The molecule has 0 radical (unpaired) electrons. The number of aromatic amines is 1. The molecule has 0 unspecified atom stereocenters. The number of hydrogen-bond acceptors (Lipinski definition) is 4.